The summed E-state index contributed by atoms with van der Waals surface area (Å²) in [6.07, 6.45) is -0.603. The summed E-state index contributed by atoms with van der Waals surface area (Å²) in [4.78, 5) is 13.2. The summed E-state index contributed by atoms with van der Waals surface area (Å²) in [6.45, 7) is 0.730. The first-order valence-corrected chi connectivity index (χ1v) is 7.74. The van der Waals surface area contributed by atoms with Gasteiger partial charge >= 0.3 is 0 Å². The molecular weight excluding hydrogens is 342 g/mol. The molecule has 0 spiro atoms. The molecule has 0 saturated carbocycles. The lowest BCUT2D eigenvalue weighted by molar-refractivity contribution is -0.130. The molecule has 0 saturated heterocycles. The summed E-state index contributed by atoms with van der Waals surface area (Å²) >= 11 is 4.99. The van der Waals surface area contributed by atoms with Crippen LogP contribution in [0.2, 0.25) is 0 Å². The molecule has 2 heterocycles. The number of nitrogens with one attached hydrogen (secondary N) is 1. The molecule has 104 valence electrons. The Balaban J connectivity index is 1.59. The van der Waals surface area contributed by atoms with Gasteiger partial charge in [0.25, 0.3) is 5.91 Å². The molecule has 1 aromatic heterocycles. The van der Waals surface area contributed by atoms with Crippen LogP contribution < -0.4 is 14.8 Å². The predicted molar refractivity (Wildman–Crippen MR) is 80.2 cm³/mol. The zero-order chi connectivity index (χ0) is 13.9. The van der Waals surface area contributed by atoms with Crippen molar-refractivity contribution in [1.82, 2.24) is 5.32 Å². The molecule has 0 fully saturated rings. The number of thiophene rings is 1. The molecule has 1 amide bonds. The molecule has 4 nitrogen and oxygen atoms in total. The molecule has 1 aliphatic rings. The van der Waals surface area contributed by atoms with E-state index in [9.17, 15) is 4.79 Å². The number of carbonyl (C=O) groups is 1. The van der Waals surface area contributed by atoms with Crippen molar-refractivity contribution in [1.29, 1.82) is 0 Å². The summed E-state index contributed by atoms with van der Waals surface area (Å²) in [5.74, 6) is 1.13. The highest BCUT2D eigenvalue weighted by Gasteiger charge is 2.26. The molecule has 0 radical (unpaired) electrons. The Morgan fingerprint density at radius 1 is 1.30 bits per heavy atom. The summed E-state index contributed by atoms with van der Waals surface area (Å²) in [7, 11) is 0. The molecule has 0 aliphatic carbocycles. The molecule has 20 heavy (non-hydrogen) atoms. The van der Waals surface area contributed by atoms with E-state index in [-0.39, 0.29) is 12.5 Å². The van der Waals surface area contributed by atoms with E-state index in [1.165, 1.54) is 0 Å². The third-order valence-corrected chi connectivity index (χ3v) is 4.49. The number of hydrogen-bond donors (Lipinski definition) is 1. The SMILES string of the molecule is O=C(NCc1ccc(Br)s1)C1COc2ccccc2O1. The number of benzene rings is 1. The van der Waals surface area contributed by atoms with Crippen LogP contribution in [0.15, 0.2) is 40.2 Å². The van der Waals surface area contributed by atoms with Crippen molar-refractivity contribution in [3.8, 4) is 11.5 Å². The van der Waals surface area contributed by atoms with Crippen molar-refractivity contribution in [3.63, 3.8) is 0 Å². The van der Waals surface area contributed by atoms with Crippen LogP contribution in [0.25, 0.3) is 0 Å². The van der Waals surface area contributed by atoms with Gasteiger partial charge in [-0.2, -0.15) is 0 Å². The second-order valence-corrected chi connectivity index (χ2v) is 6.84. The van der Waals surface area contributed by atoms with Crippen LogP contribution in [-0.2, 0) is 11.3 Å². The number of amides is 1. The second kappa shape index (κ2) is 5.85. The summed E-state index contributed by atoms with van der Waals surface area (Å²) in [6, 6.07) is 11.3. The molecule has 1 aromatic carbocycles. The van der Waals surface area contributed by atoms with Crippen molar-refractivity contribution in [2.45, 2.75) is 12.6 Å². The summed E-state index contributed by atoms with van der Waals surface area (Å²) in [5.41, 5.74) is 0. The standard InChI is InChI=1S/C14H12BrNO3S/c15-13-6-5-9(20-13)7-16-14(17)12-8-18-10-3-1-2-4-11(10)19-12/h1-6,12H,7-8H2,(H,16,17). The average molecular weight is 354 g/mol. The van der Waals surface area contributed by atoms with E-state index in [0.29, 0.717) is 18.0 Å². The van der Waals surface area contributed by atoms with Gasteiger partial charge in [0, 0.05) is 4.88 Å². The minimum atomic E-state index is -0.603. The first-order valence-electron chi connectivity index (χ1n) is 6.13. The second-order valence-electron chi connectivity index (χ2n) is 4.29. The van der Waals surface area contributed by atoms with E-state index in [4.69, 9.17) is 9.47 Å². The largest absolute Gasteiger partial charge is 0.485 e. The lowest BCUT2D eigenvalue weighted by Gasteiger charge is -2.25. The van der Waals surface area contributed by atoms with Gasteiger partial charge in [-0.1, -0.05) is 12.1 Å². The van der Waals surface area contributed by atoms with E-state index in [1.807, 2.05) is 30.3 Å². The van der Waals surface area contributed by atoms with Gasteiger partial charge in [0.15, 0.2) is 11.5 Å². The number of hydrogen-bond acceptors (Lipinski definition) is 4. The van der Waals surface area contributed by atoms with Crippen molar-refractivity contribution in [2.24, 2.45) is 0 Å². The van der Waals surface area contributed by atoms with Gasteiger partial charge in [0.1, 0.15) is 6.61 Å². The predicted octanol–water partition coefficient (Wildman–Crippen LogP) is 2.97. The molecule has 2 aromatic rings. The number of para-hydroxylation sites is 2. The quantitative estimate of drug-likeness (QED) is 0.922. The third kappa shape index (κ3) is 2.96. The average Bonchev–Trinajstić information content (AvgIpc) is 2.90. The van der Waals surface area contributed by atoms with Gasteiger partial charge in [-0.25, -0.2) is 0 Å². The molecular formula is C14H12BrNO3S. The van der Waals surface area contributed by atoms with Gasteiger partial charge < -0.3 is 14.8 Å². The van der Waals surface area contributed by atoms with Crippen LogP contribution in [0.1, 0.15) is 4.88 Å². The van der Waals surface area contributed by atoms with Crippen molar-refractivity contribution in [3.05, 3.63) is 45.1 Å². The first-order chi connectivity index (χ1) is 9.72. The lowest BCUT2D eigenvalue weighted by Crippen LogP contribution is -2.43. The van der Waals surface area contributed by atoms with Gasteiger partial charge in [-0.05, 0) is 40.2 Å². The fourth-order valence-corrected chi connectivity index (χ4v) is 3.31. The van der Waals surface area contributed by atoms with E-state index in [2.05, 4.69) is 21.2 Å². The highest BCUT2D eigenvalue weighted by molar-refractivity contribution is 9.11. The zero-order valence-electron chi connectivity index (χ0n) is 10.5. The maximum atomic E-state index is 12.1. The van der Waals surface area contributed by atoms with Crippen LogP contribution >= 0.6 is 27.3 Å². The Kier molecular flexibility index (Phi) is 3.93. The Morgan fingerprint density at radius 3 is 2.85 bits per heavy atom. The van der Waals surface area contributed by atoms with Crippen LogP contribution in [0.5, 0.6) is 11.5 Å². The molecule has 0 bridgehead atoms. The van der Waals surface area contributed by atoms with Gasteiger partial charge in [-0.15, -0.1) is 11.3 Å². The van der Waals surface area contributed by atoms with Crippen LogP contribution in [-0.4, -0.2) is 18.6 Å². The van der Waals surface area contributed by atoms with E-state index in [0.717, 1.165) is 8.66 Å². The number of ether oxygens (including phenoxy) is 2. The van der Waals surface area contributed by atoms with Gasteiger partial charge in [0.05, 0.1) is 10.3 Å². The van der Waals surface area contributed by atoms with Gasteiger partial charge in [-0.3, -0.25) is 4.79 Å². The fraction of sp³-hybridized carbons (Fsp3) is 0.214. The molecule has 1 N–H and O–H groups in total. The minimum absolute atomic E-state index is 0.163. The van der Waals surface area contributed by atoms with Crippen LogP contribution in [0.4, 0.5) is 0 Å². The first kappa shape index (κ1) is 13.5. The van der Waals surface area contributed by atoms with Crippen molar-refractivity contribution >= 4 is 33.2 Å². The van der Waals surface area contributed by atoms with Crippen molar-refractivity contribution < 1.29 is 14.3 Å². The normalized spacial score (nSPS) is 16.8. The molecule has 6 heteroatoms. The number of rotatable bonds is 3. The van der Waals surface area contributed by atoms with Crippen LogP contribution in [0.3, 0.4) is 0 Å². The van der Waals surface area contributed by atoms with Crippen molar-refractivity contribution in [2.75, 3.05) is 6.61 Å². The minimum Gasteiger partial charge on any atom is -0.485 e. The number of fused-ring (bicyclic) bond motifs is 1. The molecule has 1 unspecified atom stereocenters. The third-order valence-electron chi connectivity index (χ3n) is 2.87. The smallest absolute Gasteiger partial charge is 0.264 e. The highest BCUT2D eigenvalue weighted by atomic mass is 79.9. The number of halogens is 1. The Hall–Kier alpha value is -1.53. The topological polar surface area (TPSA) is 47.6 Å². The van der Waals surface area contributed by atoms with E-state index >= 15 is 0 Å². The molecule has 3 rings (SSSR count). The molecule has 1 atom stereocenters. The molecule has 1 aliphatic heterocycles. The Morgan fingerprint density at radius 2 is 2.10 bits per heavy atom. The van der Waals surface area contributed by atoms with Gasteiger partial charge in [0.2, 0.25) is 6.10 Å². The fourth-order valence-electron chi connectivity index (χ4n) is 1.88. The maximum Gasteiger partial charge on any atom is 0.264 e. The number of carbonyl (C=O) groups excluding carboxylic acids is 1. The summed E-state index contributed by atoms with van der Waals surface area (Å²) in [5, 5.41) is 2.86. The van der Waals surface area contributed by atoms with Crippen LogP contribution in [0, 0.1) is 0 Å². The maximum absolute atomic E-state index is 12.1. The van der Waals surface area contributed by atoms with E-state index in [1.54, 1.807) is 17.4 Å². The summed E-state index contributed by atoms with van der Waals surface area (Å²) < 4.78 is 12.2. The Bertz CT molecular complexity index is 628. The van der Waals surface area contributed by atoms with E-state index < -0.39 is 6.10 Å². The Labute approximate surface area is 128 Å². The lowest BCUT2D eigenvalue weighted by atomic mass is 10.2. The highest BCUT2D eigenvalue weighted by Crippen LogP contribution is 2.30. The zero-order valence-corrected chi connectivity index (χ0v) is 12.9. The monoisotopic (exact) mass is 353 g/mol.